The average molecular weight is 483 g/mol. The zero-order valence-corrected chi connectivity index (χ0v) is 19.8. The van der Waals surface area contributed by atoms with Crippen molar-refractivity contribution in [1.82, 2.24) is 9.88 Å². The molecule has 2 aromatic carbocycles. The Bertz CT molecular complexity index is 1220. The number of likely N-dealkylation sites (tertiary alicyclic amines) is 1. The van der Waals surface area contributed by atoms with Crippen molar-refractivity contribution in [3.63, 3.8) is 0 Å². The summed E-state index contributed by atoms with van der Waals surface area (Å²) in [4.78, 5) is 24.5. The van der Waals surface area contributed by atoms with Gasteiger partial charge >= 0.3 is 6.18 Å². The summed E-state index contributed by atoms with van der Waals surface area (Å²) in [5, 5.41) is 0.849. The molecule has 184 valence electrons. The van der Waals surface area contributed by atoms with Crippen LogP contribution < -0.4 is 9.80 Å². The predicted octanol–water partition coefficient (Wildman–Crippen LogP) is 5.59. The molecule has 0 radical (unpaired) electrons. The second-order valence-electron chi connectivity index (χ2n) is 9.41. The number of alkyl halides is 3. The molecule has 0 N–H and O–H groups in total. The fourth-order valence-corrected chi connectivity index (χ4v) is 5.13. The molecule has 1 amide bonds. The van der Waals surface area contributed by atoms with E-state index in [1.807, 2.05) is 40.1 Å². The molecule has 1 aromatic heterocycles. The molecule has 2 aliphatic rings. The third kappa shape index (κ3) is 4.79. The Morgan fingerprint density at radius 3 is 2.40 bits per heavy atom. The Balaban J connectivity index is 1.39. The Labute approximate surface area is 203 Å². The molecule has 2 fully saturated rings. The van der Waals surface area contributed by atoms with Crippen molar-refractivity contribution < 1.29 is 18.0 Å². The summed E-state index contributed by atoms with van der Waals surface area (Å²) in [7, 11) is 0. The number of piperazine rings is 1. The lowest BCUT2D eigenvalue weighted by molar-refractivity contribution is -0.137. The van der Waals surface area contributed by atoms with E-state index in [0.29, 0.717) is 37.4 Å². The summed E-state index contributed by atoms with van der Waals surface area (Å²) in [6, 6.07) is 15.3. The van der Waals surface area contributed by atoms with Crippen molar-refractivity contribution in [3.8, 4) is 0 Å². The van der Waals surface area contributed by atoms with E-state index in [1.165, 1.54) is 12.1 Å². The summed E-state index contributed by atoms with van der Waals surface area (Å²) >= 11 is 0. The highest BCUT2D eigenvalue weighted by atomic mass is 19.4. The number of hydrogen-bond acceptors (Lipinski definition) is 4. The number of anilines is 2. The van der Waals surface area contributed by atoms with E-state index in [1.54, 1.807) is 6.07 Å². The van der Waals surface area contributed by atoms with Crippen LogP contribution in [0.1, 0.15) is 42.1 Å². The normalized spacial score (nSPS) is 19.3. The minimum Gasteiger partial charge on any atom is -0.368 e. The van der Waals surface area contributed by atoms with E-state index >= 15 is 0 Å². The van der Waals surface area contributed by atoms with Crippen molar-refractivity contribution in [2.75, 3.05) is 42.5 Å². The summed E-state index contributed by atoms with van der Waals surface area (Å²) in [5.74, 6) is 0.778. The number of amides is 1. The maximum Gasteiger partial charge on any atom is 0.416 e. The number of aromatic nitrogens is 1. The van der Waals surface area contributed by atoms with E-state index in [4.69, 9.17) is 4.98 Å². The van der Waals surface area contributed by atoms with Crippen LogP contribution in [0.15, 0.2) is 54.6 Å². The van der Waals surface area contributed by atoms with Gasteiger partial charge in [-0.2, -0.15) is 13.2 Å². The number of carbonyl (C=O) groups is 1. The van der Waals surface area contributed by atoms with Crippen LogP contribution >= 0.6 is 0 Å². The number of pyridine rings is 1. The van der Waals surface area contributed by atoms with Gasteiger partial charge in [0, 0.05) is 49.8 Å². The van der Waals surface area contributed by atoms with Crippen LogP contribution in [0.25, 0.3) is 10.9 Å². The number of nitrogens with zero attached hydrogens (tertiary/aromatic N) is 4. The first kappa shape index (κ1) is 23.5. The lowest BCUT2D eigenvalue weighted by atomic mass is 10.0. The highest BCUT2D eigenvalue weighted by Crippen LogP contribution is 2.32. The van der Waals surface area contributed by atoms with Gasteiger partial charge in [-0.1, -0.05) is 24.3 Å². The molecule has 1 atom stereocenters. The number of rotatable bonds is 3. The predicted molar refractivity (Wildman–Crippen MR) is 132 cm³/mol. The van der Waals surface area contributed by atoms with E-state index in [-0.39, 0.29) is 11.9 Å². The molecule has 8 heteroatoms. The molecule has 0 bridgehead atoms. The molecule has 5 rings (SSSR count). The molecule has 5 nitrogen and oxygen atoms in total. The SMILES string of the molecule is C[C@H]1CCCCN1C(=O)c1cc(N2CCN(c3cccc(C(F)(F)F)c3)CC2)nc2ccccc12. The van der Waals surface area contributed by atoms with E-state index < -0.39 is 11.7 Å². The van der Waals surface area contributed by atoms with Crippen LogP contribution in [0.2, 0.25) is 0 Å². The minimum atomic E-state index is -4.36. The van der Waals surface area contributed by atoms with Crippen LogP contribution in [0.3, 0.4) is 0 Å². The second-order valence-corrected chi connectivity index (χ2v) is 9.41. The van der Waals surface area contributed by atoms with Crippen molar-refractivity contribution >= 4 is 28.3 Å². The van der Waals surface area contributed by atoms with Gasteiger partial charge in [0.05, 0.1) is 16.6 Å². The van der Waals surface area contributed by atoms with Crippen LogP contribution in [-0.2, 0) is 6.18 Å². The first-order valence-electron chi connectivity index (χ1n) is 12.2. The molecule has 35 heavy (non-hydrogen) atoms. The maximum atomic E-state index is 13.6. The van der Waals surface area contributed by atoms with Gasteiger partial charge in [-0.3, -0.25) is 4.79 Å². The van der Waals surface area contributed by atoms with Crippen LogP contribution in [0.4, 0.5) is 24.7 Å². The first-order valence-corrected chi connectivity index (χ1v) is 12.2. The third-order valence-corrected chi connectivity index (χ3v) is 7.14. The second kappa shape index (κ2) is 9.40. The Hall–Kier alpha value is -3.29. The first-order chi connectivity index (χ1) is 16.8. The van der Waals surface area contributed by atoms with E-state index in [9.17, 15) is 18.0 Å². The zero-order chi connectivity index (χ0) is 24.6. The number of fused-ring (bicyclic) bond motifs is 1. The minimum absolute atomic E-state index is 0.0413. The molecule has 0 saturated carbocycles. The fourth-order valence-electron chi connectivity index (χ4n) is 5.13. The monoisotopic (exact) mass is 482 g/mol. The zero-order valence-electron chi connectivity index (χ0n) is 19.8. The molecular weight excluding hydrogens is 453 g/mol. The highest BCUT2D eigenvalue weighted by molar-refractivity contribution is 6.07. The standard InChI is InChI=1S/C27H29F3N4O/c1-19-7-4-5-12-34(19)26(35)23-18-25(31-24-11-3-2-10-22(23)24)33-15-13-32(14-16-33)21-9-6-8-20(17-21)27(28,29)30/h2-3,6,8-11,17-19H,4-5,7,12-16H2,1H3/t19-/m0/s1. The summed E-state index contributed by atoms with van der Waals surface area (Å²) in [5.41, 5.74) is 1.38. The number of benzene rings is 2. The smallest absolute Gasteiger partial charge is 0.368 e. The molecule has 2 saturated heterocycles. The molecule has 3 aromatic rings. The molecule has 2 aliphatic heterocycles. The summed E-state index contributed by atoms with van der Waals surface area (Å²) in [6.07, 6.45) is -1.19. The van der Waals surface area contributed by atoms with Crippen molar-refractivity contribution in [2.45, 2.75) is 38.4 Å². The Morgan fingerprint density at radius 2 is 1.66 bits per heavy atom. The Morgan fingerprint density at radius 1 is 0.914 bits per heavy atom. The number of carbonyl (C=O) groups excluding carboxylic acids is 1. The third-order valence-electron chi connectivity index (χ3n) is 7.14. The van der Waals surface area contributed by atoms with Gasteiger partial charge in [0.15, 0.2) is 0 Å². The topological polar surface area (TPSA) is 39.7 Å². The lowest BCUT2D eigenvalue weighted by Gasteiger charge is -2.37. The number of hydrogen-bond donors (Lipinski definition) is 0. The van der Waals surface area contributed by atoms with Gasteiger partial charge in [-0.05, 0) is 56.5 Å². The lowest BCUT2D eigenvalue weighted by Crippen LogP contribution is -2.47. The molecule has 0 spiro atoms. The quantitative estimate of drug-likeness (QED) is 0.488. The molecule has 3 heterocycles. The van der Waals surface area contributed by atoms with Crippen LogP contribution in [-0.4, -0.2) is 54.6 Å². The molecular formula is C27H29F3N4O. The van der Waals surface area contributed by atoms with Gasteiger partial charge < -0.3 is 14.7 Å². The number of para-hydroxylation sites is 1. The number of halogens is 3. The largest absolute Gasteiger partial charge is 0.416 e. The van der Waals surface area contributed by atoms with Crippen molar-refractivity contribution in [1.29, 1.82) is 0 Å². The van der Waals surface area contributed by atoms with Gasteiger partial charge in [0.2, 0.25) is 0 Å². The van der Waals surface area contributed by atoms with Crippen molar-refractivity contribution in [3.05, 3.63) is 65.7 Å². The average Bonchev–Trinajstić information content (AvgIpc) is 2.87. The van der Waals surface area contributed by atoms with Crippen LogP contribution in [0, 0.1) is 0 Å². The van der Waals surface area contributed by atoms with Gasteiger partial charge in [0.25, 0.3) is 5.91 Å². The summed E-state index contributed by atoms with van der Waals surface area (Å²) in [6.45, 7) is 5.23. The summed E-state index contributed by atoms with van der Waals surface area (Å²) < 4.78 is 39.4. The maximum absolute atomic E-state index is 13.6. The van der Waals surface area contributed by atoms with Crippen LogP contribution in [0.5, 0.6) is 0 Å². The fraction of sp³-hybridized carbons (Fsp3) is 0.407. The highest BCUT2D eigenvalue weighted by Gasteiger charge is 2.31. The van der Waals surface area contributed by atoms with E-state index in [2.05, 4.69) is 11.8 Å². The van der Waals surface area contributed by atoms with E-state index in [0.717, 1.165) is 48.6 Å². The number of piperidine rings is 1. The van der Waals surface area contributed by atoms with Gasteiger partial charge in [0.1, 0.15) is 5.82 Å². The molecule has 0 aliphatic carbocycles. The van der Waals surface area contributed by atoms with Gasteiger partial charge in [-0.15, -0.1) is 0 Å². The van der Waals surface area contributed by atoms with Gasteiger partial charge in [-0.25, -0.2) is 4.98 Å². The van der Waals surface area contributed by atoms with Crippen molar-refractivity contribution in [2.24, 2.45) is 0 Å². The Kier molecular flexibility index (Phi) is 6.30. The molecule has 0 unspecified atom stereocenters.